The summed E-state index contributed by atoms with van der Waals surface area (Å²) in [5.41, 5.74) is 7.91. The average molecular weight is 572 g/mol. The number of ketones is 1. The van der Waals surface area contributed by atoms with E-state index in [2.05, 4.69) is 90.1 Å². The maximum Gasteiger partial charge on any atom is 0.139 e. The van der Waals surface area contributed by atoms with Crippen molar-refractivity contribution in [3.05, 3.63) is 53.8 Å². The van der Waals surface area contributed by atoms with Crippen LogP contribution in [0.2, 0.25) is 0 Å². The lowest BCUT2D eigenvalue weighted by atomic mass is 9.75. The molecule has 1 aliphatic heterocycles. The van der Waals surface area contributed by atoms with Gasteiger partial charge in [0.05, 0.1) is 21.4 Å². The number of hydrogen-bond acceptors (Lipinski definition) is 6. The number of piperidine rings is 1. The number of hydrogen-bond donors (Lipinski definition) is 2. The van der Waals surface area contributed by atoms with Gasteiger partial charge >= 0.3 is 0 Å². The summed E-state index contributed by atoms with van der Waals surface area (Å²) in [5, 5.41) is 4.65. The standard InChI is InChI=1S/C34H45N5OS/c1-6-8-25(9-7-10-32(40)34(4,5)21-24-14-17-39(18-15-24)23(2)3)30-20-27-28(13-16-35-33(27)38-30)37-26-11-12-29-31(19-26)41-22-36-29/h8,11-13,16,19-20,22-24H,6-7,9-10,14-15,17-18,21H2,1-5H3,(H2,35,37,38)/b25-8+. The molecule has 0 saturated carbocycles. The number of thiazole rings is 1. The van der Waals surface area contributed by atoms with Crippen molar-refractivity contribution in [2.75, 3.05) is 18.4 Å². The number of nitrogens with zero attached hydrogens (tertiary/aromatic N) is 3. The number of aromatic nitrogens is 3. The molecule has 41 heavy (non-hydrogen) atoms. The van der Waals surface area contributed by atoms with Crippen molar-refractivity contribution in [3.8, 4) is 0 Å². The number of rotatable bonds is 12. The molecule has 0 amide bonds. The summed E-state index contributed by atoms with van der Waals surface area (Å²) in [6.07, 6.45) is 10.9. The van der Waals surface area contributed by atoms with Crippen LogP contribution in [0, 0.1) is 11.3 Å². The van der Waals surface area contributed by atoms with Crippen molar-refractivity contribution in [2.24, 2.45) is 11.3 Å². The highest BCUT2D eigenvalue weighted by molar-refractivity contribution is 7.16. The number of Topliss-reactive ketones (excluding diaryl/α,β-unsaturated/α-hetero) is 1. The molecular formula is C34H45N5OS. The van der Waals surface area contributed by atoms with E-state index in [9.17, 15) is 4.79 Å². The second-order valence-corrected chi connectivity index (χ2v) is 13.4. The fourth-order valence-electron chi connectivity index (χ4n) is 6.28. The number of carbonyl (C=O) groups excluding carboxylic acids is 1. The molecule has 1 saturated heterocycles. The third-order valence-corrected chi connectivity index (χ3v) is 9.51. The minimum absolute atomic E-state index is 0.257. The van der Waals surface area contributed by atoms with Gasteiger partial charge in [-0.3, -0.25) is 4.79 Å². The molecule has 0 bridgehead atoms. The lowest BCUT2D eigenvalue weighted by molar-refractivity contribution is -0.128. The zero-order valence-electron chi connectivity index (χ0n) is 25.3. The summed E-state index contributed by atoms with van der Waals surface area (Å²) < 4.78 is 1.16. The molecule has 0 aliphatic carbocycles. The Hall–Kier alpha value is -3.03. The maximum atomic E-state index is 13.4. The molecule has 0 atom stereocenters. The van der Waals surface area contributed by atoms with Crippen molar-refractivity contribution < 1.29 is 4.79 Å². The molecule has 0 radical (unpaired) electrons. The van der Waals surface area contributed by atoms with Gasteiger partial charge in [-0.15, -0.1) is 11.3 Å². The first-order valence-electron chi connectivity index (χ1n) is 15.3. The Morgan fingerprint density at radius 3 is 2.73 bits per heavy atom. The quantitative estimate of drug-likeness (QED) is 0.177. The number of H-pyrrole nitrogens is 1. The molecule has 0 unspecified atom stereocenters. The third kappa shape index (κ3) is 7.07. The van der Waals surface area contributed by atoms with Crippen molar-refractivity contribution in [1.29, 1.82) is 0 Å². The molecular weight excluding hydrogens is 526 g/mol. The van der Waals surface area contributed by atoms with Crippen LogP contribution in [0.25, 0.3) is 26.8 Å². The second kappa shape index (κ2) is 12.9. The Morgan fingerprint density at radius 2 is 1.98 bits per heavy atom. The molecule has 1 aromatic carbocycles. The Balaban J connectivity index is 1.21. The summed E-state index contributed by atoms with van der Waals surface area (Å²) in [6.45, 7) is 13.4. The highest BCUT2D eigenvalue weighted by Gasteiger charge is 2.32. The van der Waals surface area contributed by atoms with Crippen LogP contribution < -0.4 is 5.32 Å². The fraction of sp³-hybridized carbons (Fsp3) is 0.500. The van der Waals surface area contributed by atoms with Crippen molar-refractivity contribution >= 4 is 55.3 Å². The summed E-state index contributed by atoms with van der Waals surface area (Å²) >= 11 is 1.65. The molecule has 7 heteroatoms. The van der Waals surface area contributed by atoms with Crippen molar-refractivity contribution in [1.82, 2.24) is 19.9 Å². The first-order chi connectivity index (χ1) is 19.7. The van der Waals surface area contributed by atoms with E-state index in [1.165, 1.54) is 18.4 Å². The first kappa shape index (κ1) is 29.5. The summed E-state index contributed by atoms with van der Waals surface area (Å²) in [5.74, 6) is 1.06. The monoisotopic (exact) mass is 571 g/mol. The van der Waals surface area contributed by atoms with Crippen LogP contribution in [0.5, 0.6) is 0 Å². The minimum atomic E-state index is -0.257. The number of benzene rings is 1. The molecule has 3 aromatic heterocycles. The Kier molecular flexibility index (Phi) is 9.25. The van der Waals surface area contributed by atoms with Gasteiger partial charge in [0, 0.05) is 40.8 Å². The van der Waals surface area contributed by atoms with E-state index in [1.807, 2.05) is 17.8 Å². The van der Waals surface area contributed by atoms with Gasteiger partial charge in [0.1, 0.15) is 11.4 Å². The highest BCUT2D eigenvalue weighted by atomic mass is 32.1. The number of fused-ring (bicyclic) bond motifs is 2. The van der Waals surface area contributed by atoms with Crippen LogP contribution in [0.1, 0.15) is 85.3 Å². The van der Waals surface area contributed by atoms with E-state index in [4.69, 9.17) is 0 Å². The molecule has 218 valence electrons. The zero-order chi connectivity index (χ0) is 29.0. The summed E-state index contributed by atoms with van der Waals surface area (Å²) in [6, 6.07) is 11.1. The number of likely N-dealkylation sites (tertiary alicyclic amines) is 1. The lowest BCUT2D eigenvalue weighted by Crippen LogP contribution is -2.40. The molecule has 1 fully saturated rings. The minimum Gasteiger partial charge on any atom is -0.355 e. The molecule has 2 N–H and O–H groups in total. The number of carbonyl (C=O) groups is 1. The number of pyridine rings is 1. The zero-order valence-corrected chi connectivity index (χ0v) is 26.1. The Labute approximate surface area is 248 Å². The normalized spacial score (nSPS) is 15.8. The summed E-state index contributed by atoms with van der Waals surface area (Å²) in [4.78, 5) is 28.5. The number of allylic oxidation sites excluding steroid dienone is 2. The lowest BCUT2D eigenvalue weighted by Gasteiger charge is -2.37. The number of aromatic amines is 1. The largest absolute Gasteiger partial charge is 0.355 e. The Bertz CT molecular complexity index is 1510. The van der Waals surface area contributed by atoms with Crippen LogP contribution in [-0.4, -0.2) is 44.8 Å². The van der Waals surface area contributed by atoms with Crippen LogP contribution in [-0.2, 0) is 4.79 Å². The van der Waals surface area contributed by atoms with Gasteiger partial charge in [0.2, 0.25) is 0 Å². The van der Waals surface area contributed by atoms with Gasteiger partial charge in [0.15, 0.2) is 0 Å². The Morgan fingerprint density at radius 1 is 1.17 bits per heavy atom. The van der Waals surface area contributed by atoms with Crippen molar-refractivity contribution in [3.63, 3.8) is 0 Å². The number of anilines is 2. The topological polar surface area (TPSA) is 73.9 Å². The van der Waals surface area contributed by atoms with Gasteiger partial charge in [0.25, 0.3) is 0 Å². The second-order valence-electron chi connectivity index (χ2n) is 12.5. The fourth-order valence-corrected chi connectivity index (χ4v) is 6.99. The molecule has 0 spiro atoms. The van der Waals surface area contributed by atoms with Crippen molar-refractivity contribution in [2.45, 2.75) is 85.6 Å². The van der Waals surface area contributed by atoms with E-state index in [0.29, 0.717) is 24.2 Å². The van der Waals surface area contributed by atoms with Crippen LogP contribution in [0.4, 0.5) is 11.4 Å². The summed E-state index contributed by atoms with van der Waals surface area (Å²) in [7, 11) is 0. The van der Waals surface area contributed by atoms with Gasteiger partial charge in [-0.05, 0) is 107 Å². The van der Waals surface area contributed by atoms with Gasteiger partial charge in [-0.2, -0.15) is 0 Å². The average Bonchev–Trinajstić information content (AvgIpc) is 3.60. The molecule has 4 heterocycles. The molecule has 6 nitrogen and oxygen atoms in total. The molecule has 4 aromatic rings. The van der Waals surface area contributed by atoms with E-state index in [-0.39, 0.29) is 5.41 Å². The first-order valence-corrected chi connectivity index (χ1v) is 16.2. The van der Waals surface area contributed by atoms with Crippen LogP contribution >= 0.6 is 11.3 Å². The van der Waals surface area contributed by atoms with Gasteiger partial charge in [-0.1, -0.05) is 26.8 Å². The number of nitrogens with one attached hydrogen (secondary N) is 2. The molecule has 5 rings (SSSR count). The van der Waals surface area contributed by atoms with E-state index in [1.54, 1.807) is 11.3 Å². The molecule has 1 aliphatic rings. The predicted octanol–water partition coefficient (Wildman–Crippen LogP) is 8.99. The predicted molar refractivity (Wildman–Crippen MR) is 174 cm³/mol. The van der Waals surface area contributed by atoms with Gasteiger partial charge in [-0.25, -0.2) is 9.97 Å². The SMILES string of the molecule is CC/C=C(\CCCC(=O)C(C)(C)CC1CCN(C(C)C)CC1)c1cc2c(Nc3ccc4ncsc4c3)ccnc2[nH]1. The smallest absolute Gasteiger partial charge is 0.139 e. The van der Waals surface area contributed by atoms with Crippen LogP contribution in [0.15, 0.2) is 48.1 Å². The van der Waals surface area contributed by atoms with E-state index < -0.39 is 0 Å². The third-order valence-electron chi connectivity index (χ3n) is 8.72. The van der Waals surface area contributed by atoms with E-state index >= 15 is 0 Å². The van der Waals surface area contributed by atoms with Crippen LogP contribution in [0.3, 0.4) is 0 Å². The van der Waals surface area contributed by atoms with E-state index in [0.717, 1.165) is 77.1 Å². The highest BCUT2D eigenvalue weighted by Crippen LogP contribution is 2.35. The van der Waals surface area contributed by atoms with Gasteiger partial charge < -0.3 is 15.2 Å². The maximum absolute atomic E-state index is 13.4.